The second kappa shape index (κ2) is 4.96. The smallest absolute Gasteiger partial charge is 0.129 e. The molecule has 1 fully saturated rings. The minimum Gasteiger partial charge on any atom is -0.324 e. The number of hydrogen-bond donors (Lipinski definition) is 1. The van der Waals surface area contributed by atoms with Gasteiger partial charge < -0.3 is 5.73 Å². The van der Waals surface area contributed by atoms with Crippen molar-refractivity contribution in [2.45, 2.75) is 25.3 Å². The Labute approximate surface area is 95.3 Å². The van der Waals surface area contributed by atoms with Gasteiger partial charge in [0.1, 0.15) is 5.15 Å². The van der Waals surface area contributed by atoms with Gasteiger partial charge in [-0.2, -0.15) is 0 Å². The summed E-state index contributed by atoms with van der Waals surface area (Å²) < 4.78 is 0. The summed E-state index contributed by atoms with van der Waals surface area (Å²) in [5.41, 5.74) is 7.17. The van der Waals surface area contributed by atoms with Crippen LogP contribution in [0.25, 0.3) is 0 Å². The number of rotatable bonds is 2. The second-order valence-electron chi connectivity index (χ2n) is 3.63. The molecule has 2 N–H and O–H groups in total. The highest BCUT2D eigenvalue weighted by Gasteiger charge is 2.25. The van der Waals surface area contributed by atoms with E-state index in [0.29, 0.717) is 11.1 Å². The average Bonchev–Trinajstić information content (AvgIpc) is 2.02. The number of nitrogens with two attached hydrogens (primary N) is 1. The summed E-state index contributed by atoms with van der Waals surface area (Å²) in [6.07, 6.45) is 5.61. The summed E-state index contributed by atoms with van der Waals surface area (Å²) in [7, 11) is 0. The van der Waals surface area contributed by atoms with Crippen molar-refractivity contribution in [2.75, 3.05) is 0 Å². The van der Waals surface area contributed by atoms with Gasteiger partial charge in [0, 0.05) is 12.2 Å². The lowest BCUT2D eigenvalue weighted by atomic mass is 9.78. The second-order valence-corrected chi connectivity index (χ2v) is 4.02. The Balaban J connectivity index is 0.000000980. The largest absolute Gasteiger partial charge is 0.324 e. The summed E-state index contributed by atoms with van der Waals surface area (Å²) in [4.78, 5) is 4.03. The zero-order valence-corrected chi connectivity index (χ0v) is 9.39. The highest BCUT2D eigenvalue weighted by molar-refractivity contribution is 6.29. The van der Waals surface area contributed by atoms with E-state index in [1.54, 1.807) is 12.3 Å². The molecule has 1 atom stereocenters. The van der Waals surface area contributed by atoms with E-state index in [1.807, 2.05) is 6.07 Å². The molecule has 2 rings (SSSR count). The molecule has 0 aromatic carbocycles. The summed E-state index contributed by atoms with van der Waals surface area (Å²) in [6, 6.07) is 3.92. The molecule has 2 nitrogen and oxygen atoms in total. The third-order valence-electron chi connectivity index (χ3n) is 2.79. The van der Waals surface area contributed by atoms with Crippen molar-refractivity contribution < 1.29 is 0 Å². The van der Waals surface area contributed by atoms with Gasteiger partial charge in [-0.3, -0.25) is 0 Å². The third-order valence-corrected chi connectivity index (χ3v) is 3.02. The van der Waals surface area contributed by atoms with Crippen LogP contribution in [0.1, 0.15) is 30.9 Å². The Kier molecular flexibility index (Phi) is 4.17. The predicted octanol–water partition coefficient (Wildman–Crippen LogP) is 2.96. The van der Waals surface area contributed by atoms with E-state index < -0.39 is 0 Å². The molecule has 1 aliphatic carbocycles. The predicted molar refractivity (Wildman–Crippen MR) is 60.8 cm³/mol. The first kappa shape index (κ1) is 11.8. The van der Waals surface area contributed by atoms with Crippen LogP contribution < -0.4 is 5.73 Å². The van der Waals surface area contributed by atoms with Crippen LogP contribution in [0.5, 0.6) is 0 Å². The fourth-order valence-electron chi connectivity index (χ4n) is 1.66. The number of hydrogen-bond acceptors (Lipinski definition) is 2. The molecule has 1 aromatic rings. The maximum absolute atomic E-state index is 6.07. The van der Waals surface area contributed by atoms with Gasteiger partial charge in [-0.15, -0.1) is 12.4 Å². The van der Waals surface area contributed by atoms with E-state index in [9.17, 15) is 0 Å². The van der Waals surface area contributed by atoms with Gasteiger partial charge in [0.2, 0.25) is 0 Å². The van der Waals surface area contributed by atoms with Crippen LogP contribution in [-0.4, -0.2) is 4.98 Å². The zero-order valence-electron chi connectivity index (χ0n) is 7.82. The van der Waals surface area contributed by atoms with Crippen LogP contribution in [0.15, 0.2) is 18.3 Å². The molecule has 0 bridgehead atoms. The third kappa shape index (κ3) is 2.38. The van der Waals surface area contributed by atoms with Crippen molar-refractivity contribution in [1.82, 2.24) is 4.98 Å². The lowest BCUT2D eigenvalue weighted by Crippen LogP contribution is -2.26. The van der Waals surface area contributed by atoms with Crippen molar-refractivity contribution in [3.05, 3.63) is 29.0 Å². The molecule has 0 aliphatic heterocycles. The first-order chi connectivity index (χ1) is 6.27. The fraction of sp³-hybridized carbons (Fsp3) is 0.500. The molecular weight excluding hydrogens is 219 g/mol. The highest BCUT2D eigenvalue weighted by atomic mass is 35.5. The Morgan fingerprint density at radius 3 is 2.57 bits per heavy atom. The molecule has 0 spiro atoms. The van der Waals surface area contributed by atoms with Gasteiger partial charge in [-0.25, -0.2) is 4.98 Å². The van der Waals surface area contributed by atoms with E-state index in [0.717, 1.165) is 5.56 Å². The Bertz CT molecular complexity index is 283. The fourth-order valence-corrected chi connectivity index (χ4v) is 1.77. The molecule has 1 aliphatic rings. The van der Waals surface area contributed by atoms with E-state index in [4.69, 9.17) is 17.3 Å². The summed E-state index contributed by atoms with van der Waals surface area (Å²) in [6.45, 7) is 0. The van der Waals surface area contributed by atoms with Gasteiger partial charge in [0.25, 0.3) is 0 Å². The Morgan fingerprint density at radius 2 is 2.14 bits per heavy atom. The number of halogens is 2. The monoisotopic (exact) mass is 232 g/mol. The quantitative estimate of drug-likeness (QED) is 0.797. The lowest BCUT2D eigenvalue weighted by Gasteiger charge is -2.31. The van der Waals surface area contributed by atoms with Crippen molar-refractivity contribution in [3.8, 4) is 0 Å². The van der Waals surface area contributed by atoms with E-state index in [1.165, 1.54) is 19.3 Å². The van der Waals surface area contributed by atoms with Crippen LogP contribution in [-0.2, 0) is 0 Å². The number of aromatic nitrogens is 1. The van der Waals surface area contributed by atoms with Crippen molar-refractivity contribution in [2.24, 2.45) is 11.7 Å². The van der Waals surface area contributed by atoms with Crippen LogP contribution in [0.3, 0.4) is 0 Å². The first-order valence-corrected chi connectivity index (χ1v) is 5.02. The maximum atomic E-state index is 6.07. The van der Waals surface area contributed by atoms with E-state index in [-0.39, 0.29) is 18.4 Å². The first-order valence-electron chi connectivity index (χ1n) is 4.64. The molecule has 0 unspecified atom stereocenters. The van der Waals surface area contributed by atoms with Crippen LogP contribution in [0.2, 0.25) is 5.15 Å². The molecule has 0 amide bonds. The minimum atomic E-state index is 0. The molecule has 0 radical (unpaired) electrons. The van der Waals surface area contributed by atoms with Crippen LogP contribution >= 0.6 is 24.0 Å². The zero-order chi connectivity index (χ0) is 9.26. The van der Waals surface area contributed by atoms with Crippen molar-refractivity contribution in [3.63, 3.8) is 0 Å². The van der Waals surface area contributed by atoms with Gasteiger partial charge >= 0.3 is 0 Å². The standard InChI is InChI=1S/C10H13ClN2.ClH/c11-9-5-4-8(6-13-9)10(12)7-2-1-3-7;/h4-7,10H,1-3,12H2;1H/t10-;/m0./s1. The number of nitrogens with zero attached hydrogens (tertiary/aromatic N) is 1. The Hall–Kier alpha value is -0.310. The van der Waals surface area contributed by atoms with Gasteiger partial charge in [-0.05, 0) is 30.4 Å². The lowest BCUT2D eigenvalue weighted by molar-refractivity contribution is 0.264. The topological polar surface area (TPSA) is 38.9 Å². The van der Waals surface area contributed by atoms with Gasteiger partial charge in [0.15, 0.2) is 0 Å². The molecule has 1 saturated carbocycles. The Morgan fingerprint density at radius 1 is 1.43 bits per heavy atom. The molecule has 78 valence electrons. The number of pyridine rings is 1. The molecule has 4 heteroatoms. The van der Waals surface area contributed by atoms with E-state index in [2.05, 4.69) is 4.98 Å². The SMILES string of the molecule is Cl.N[C@H](c1ccc(Cl)nc1)C1CCC1. The average molecular weight is 233 g/mol. The molecular formula is C10H14Cl2N2. The minimum absolute atomic E-state index is 0. The summed E-state index contributed by atoms with van der Waals surface area (Å²) in [5, 5.41) is 0.532. The van der Waals surface area contributed by atoms with Gasteiger partial charge in [-0.1, -0.05) is 24.1 Å². The van der Waals surface area contributed by atoms with Crippen molar-refractivity contribution in [1.29, 1.82) is 0 Å². The molecule has 1 aromatic heterocycles. The van der Waals surface area contributed by atoms with Crippen molar-refractivity contribution >= 4 is 24.0 Å². The van der Waals surface area contributed by atoms with Crippen LogP contribution in [0.4, 0.5) is 0 Å². The molecule has 1 heterocycles. The highest BCUT2D eigenvalue weighted by Crippen LogP contribution is 2.35. The van der Waals surface area contributed by atoms with E-state index >= 15 is 0 Å². The summed E-state index contributed by atoms with van der Waals surface area (Å²) >= 11 is 5.69. The maximum Gasteiger partial charge on any atom is 0.129 e. The molecule has 0 saturated heterocycles. The normalized spacial score (nSPS) is 18.1. The molecule has 14 heavy (non-hydrogen) atoms. The summed E-state index contributed by atoms with van der Waals surface area (Å²) in [5.74, 6) is 0.656. The van der Waals surface area contributed by atoms with Gasteiger partial charge in [0.05, 0.1) is 0 Å². The van der Waals surface area contributed by atoms with Crippen LogP contribution in [0, 0.1) is 5.92 Å².